The molecule has 7 heteroatoms. The summed E-state index contributed by atoms with van der Waals surface area (Å²) >= 11 is 0. The van der Waals surface area contributed by atoms with E-state index in [-0.39, 0.29) is 23.1 Å². The van der Waals surface area contributed by atoms with Gasteiger partial charge in [0.2, 0.25) is 15.9 Å². The third-order valence-corrected chi connectivity index (χ3v) is 7.30. The zero-order chi connectivity index (χ0) is 18.9. The fourth-order valence-electron chi connectivity index (χ4n) is 4.21. The lowest BCUT2D eigenvalue weighted by atomic mass is 10.0. The molecule has 2 saturated heterocycles. The van der Waals surface area contributed by atoms with E-state index in [1.807, 2.05) is 25.1 Å². The van der Waals surface area contributed by atoms with Crippen molar-refractivity contribution in [2.45, 2.75) is 55.7 Å². The van der Waals surface area contributed by atoms with E-state index in [1.54, 1.807) is 34.8 Å². The van der Waals surface area contributed by atoms with Gasteiger partial charge >= 0.3 is 0 Å². The van der Waals surface area contributed by atoms with E-state index in [0.717, 1.165) is 12.8 Å². The lowest BCUT2D eigenvalue weighted by molar-refractivity contribution is 0.0917. The Labute approximate surface area is 160 Å². The first-order chi connectivity index (χ1) is 13.1. The van der Waals surface area contributed by atoms with Gasteiger partial charge in [-0.05, 0) is 38.0 Å². The van der Waals surface area contributed by atoms with Gasteiger partial charge in [0, 0.05) is 37.2 Å². The summed E-state index contributed by atoms with van der Waals surface area (Å²) < 4.78 is 40.1. The predicted octanol–water partition coefficient (Wildman–Crippen LogP) is 3.24. The number of para-hydroxylation sites is 1. The molecule has 2 aliphatic rings. The van der Waals surface area contributed by atoms with Crippen LogP contribution in [0.25, 0.3) is 0 Å². The van der Waals surface area contributed by atoms with Crippen molar-refractivity contribution >= 4 is 10.0 Å². The highest BCUT2D eigenvalue weighted by Gasteiger charge is 2.48. The summed E-state index contributed by atoms with van der Waals surface area (Å²) in [5.74, 6) is 1.02. The molecule has 144 valence electrons. The molecule has 6 nitrogen and oxygen atoms in total. The highest BCUT2D eigenvalue weighted by atomic mass is 32.2. The number of rotatable bonds is 6. The van der Waals surface area contributed by atoms with Gasteiger partial charge in [-0.1, -0.05) is 18.2 Å². The summed E-state index contributed by atoms with van der Waals surface area (Å²) in [7, 11) is -3.61. The van der Waals surface area contributed by atoms with Crippen LogP contribution in [-0.2, 0) is 10.0 Å². The number of fused-ring (bicyclic) bond motifs is 2. The van der Waals surface area contributed by atoms with E-state index in [2.05, 4.69) is 4.98 Å². The number of ether oxygens (including phenoxy) is 2. The highest BCUT2D eigenvalue weighted by molar-refractivity contribution is 7.89. The molecule has 0 aliphatic carbocycles. The molecule has 1 aromatic carbocycles. The van der Waals surface area contributed by atoms with Crippen molar-refractivity contribution in [3.05, 3.63) is 48.7 Å². The Morgan fingerprint density at radius 1 is 1.07 bits per heavy atom. The number of pyridine rings is 1. The van der Waals surface area contributed by atoms with Crippen LogP contribution >= 0.6 is 0 Å². The number of piperidine rings is 1. The number of hydrogen-bond donors (Lipinski definition) is 0. The highest BCUT2D eigenvalue weighted by Crippen LogP contribution is 2.42. The van der Waals surface area contributed by atoms with Crippen LogP contribution in [0.5, 0.6) is 11.6 Å². The quantitative estimate of drug-likeness (QED) is 0.760. The Morgan fingerprint density at radius 2 is 1.78 bits per heavy atom. The van der Waals surface area contributed by atoms with Crippen LogP contribution < -0.4 is 9.47 Å². The first-order valence-corrected chi connectivity index (χ1v) is 10.9. The smallest absolute Gasteiger partial charge is 0.247 e. The van der Waals surface area contributed by atoms with Crippen LogP contribution in [0.3, 0.4) is 0 Å². The molecule has 1 aromatic heterocycles. The minimum Gasteiger partial charge on any atom is -0.492 e. The topological polar surface area (TPSA) is 68.7 Å². The van der Waals surface area contributed by atoms with Crippen LogP contribution in [0.1, 0.15) is 32.6 Å². The number of hydrogen-bond acceptors (Lipinski definition) is 5. The van der Waals surface area contributed by atoms with Crippen LogP contribution in [-0.4, -0.2) is 42.5 Å². The molecule has 2 atom stereocenters. The van der Waals surface area contributed by atoms with Gasteiger partial charge in [0.25, 0.3) is 0 Å². The average molecular weight is 388 g/mol. The van der Waals surface area contributed by atoms with Crippen LogP contribution in [0.4, 0.5) is 0 Å². The van der Waals surface area contributed by atoms with Gasteiger partial charge < -0.3 is 9.47 Å². The number of sulfonamides is 1. The molecular formula is C20H24N2O4S. The fraction of sp³-hybridized carbons (Fsp3) is 0.450. The molecule has 27 heavy (non-hydrogen) atoms. The maximum absolute atomic E-state index is 13.4. The van der Waals surface area contributed by atoms with E-state index >= 15 is 0 Å². The van der Waals surface area contributed by atoms with Crippen molar-refractivity contribution in [2.75, 3.05) is 6.61 Å². The minimum absolute atomic E-state index is 0.00835. The van der Waals surface area contributed by atoms with Gasteiger partial charge in [-0.3, -0.25) is 0 Å². The summed E-state index contributed by atoms with van der Waals surface area (Å²) in [6, 6.07) is 12.4. The third kappa shape index (κ3) is 3.53. The fourth-order valence-corrected chi connectivity index (χ4v) is 6.24. The summed E-state index contributed by atoms with van der Waals surface area (Å²) in [5, 5.41) is 0. The molecule has 0 radical (unpaired) electrons. The zero-order valence-corrected chi connectivity index (χ0v) is 16.1. The zero-order valence-electron chi connectivity index (χ0n) is 15.3. The van der Waals surface area contributed by atoms with Crippen molar-refractivity contribution in [1.29, 1.82) is 0 Å². The van der Waals surface area contributed by atoms with Crippen molar-refractivity contribution in [1.82, 2.24) is 9.29 Å². The maximum atomic E-state index is 13.4. The van der Waals surface area contributed by atoms with Crippen LogP contribution in [0.2, 0.25) is 0 Å². The standard InChI is InChI=1S/C20H24N2O4S/c1-2-25-18-7-3-4-8-19(18)27(23,24)22-15-10-11-16(22)14-17(13-15)26-20-9-5-6-12-21-20/h3-9,12,15-17H,2,10-11,13-14H2,1H3. The summed E-state index contributed by atoms with van der Waals surface area (Å²) in [6.07, 6.45) is 4.79. The number of nitrogens with zero attached hydrogens (tertiary/aromatic N) is 2. The van der Waals surface area contributed by atoms with Crippen LogP contribution in [0, 0.1) is 0 Å². The van der Waals surface area contributed by atoms with Crippen LogP contribution in [0.15, 0.2) is 53.6 Å². The summed E-state index contributed by atoms with van der Waals surface area (Å²) in [4.78, 5) is 4.48. The second-order valence-corrected chi connectivity index (χ2v) is 8.79. The first kappa shape index (κ1) is 18.3. The van der Waals surface area contributed by atoms with Gasteiger partial charge in [-0.2, -0.15) is 4.31 Å². The molecule has 2 fully saturated rings. The second-order valence-electron chi connectivity index (χ2n) is 6.98. The van der Waals surface area contributed by atoms with E-state index in [9.17, 15) is 8.42 Å². The van der Waals surface area contributed by atoms with E-state index in [1.165, 1.54) is 0 Å². The molecule has 0 spiro atoms. The molecule has 0 saturated carbocycles. The third-order valence-electron chi connectivity index (χ3n) is 5.25. The molecule has 4 rings (SSSR count). The molecule has 0 amide bonds. The monoisotopic (exact) mass is 388 g/mol. The molecule has 2 unspecified atom stereocenters. The summed E-state index contributed by atoms with van der Waals surface area (Å²) in [5.41, 5.74) is 0. The van der Waals surface area contributed by atoms with Gasteiger partial charge in [-0.25, -0.2) is 13.4 Å². The molecule has 0 N–H and O–H groups in total. The lowest BCUT2D eigenvalue weighted by Gasteiger charge is -2.37. The normalized spacial score (nSPS) is 25.3. The van der Waals surface area contributed by atoms with Gasteiger partial charge in [0.1, 0.15) is 16.7 Å². The maximum Gasteiger partial charge on any atom is 0.247 e. The number of aromatic nitrogens is 1. The number of benzene rings is 1. The molecule has 2 bridgehead atoms. The Morgan fingerprint density at radius 3 is 2.44 bits per heavy atom. The Bertz CT molecular complexity index is 874. The van der Waals surface area contributed by atoms with Crippen molar-refractivity contribution in [3.63, 3.8) is 0 Å². The van der Waals surface area contributed by atoms with Crippen molar-refractivity contribution < 1.29 is 17.9 Å². The van der Waals surface area contributed by atoms with Gasteiger partial charge in [0.05, 0.1) is 6.61 Å². The average Bonchev–Trinajstić information content (AvgIpc) is 2.96. The summed E-state index contributed by atoms with van der Waals surface area (Å²) in [6.45, 7) is 2.28. The van der Waals surface area contributed by atoms with Crippen molar-refractivity contribution in [3.8, 4) is 11.6 Å². The second kappa shape index (κ2) is 7.48. The lowest BCUT2D eigenvalue weighted by Crippen LogP contribution is -2.49. The molecular weight excluding hydrogens is 364 g/mol. The SMILES string of the molecule is CCOc1ccccc1S(=O)(=O)N1C2CCC1CC(Oc1ccccn1)C2. The van der Waals surface area contributed by atoms with E-state index < -0.39 is 10.0 Å². The molecule has 3 heterocycles. The van der Waals surface area contributed by atoms with E-state index in [4.69, 9.17) is 9.47 Å². The Hall–Kier alpha value is -2.12. The Balaban J connectivity index is 1.56. The predicted molar refractivity (Wildman–Crippen MR) is 101 cm³/mol. The van der Waals surface area contributed by atoms with E-state index in [0.29, 0.717) is 31.1 Å². The molecule has 2 aromatic rings. The van der Waals surface area contributed by atoms with Gasteiger partial charge in [0.15, 0.2) is 0 Å². The molecule has 2 aliphatic heterocycles. The first-order valence-electron chi connectivity index (χ1n) is 9.42. The largest absolute Gasteiger partial charge is 0.492 e. The minimum atomic E-state index is -3.61. The Kier molecular flexibility index (Phi) is 5.06. The van der Waals surface area contributed by atoms with Crippen molar-refractivity contribution in [2.24, 2.45) is 0 Å². The van der Waals surface area contributed by atoms with Gasteiger partial charge in [-0.15, -0.1) is 0 Å².